The molecular weight excluding hydrogens is 272 g/mol. The van der Waals surface area contributed by atoms with Gasteiger partial charge in [-0.05, 0) is 36.0 Å². The predicted molar refractivity (Wildman–Crippen MR) is 81.1 cm³/mol. The van der Waals surface area contributed by atoms with Crippen molar-refractivity contribution in [1.82, 2.24) is 15.0 Å². The summed E-state index contributed by atoms with van der Waals surface area (Å²) in [6, 6.07) is 9.02. The molecule has 0 radical (unpaired) electrons. The van der Waals surface area contributed by atoms with Crippen molar-refractivity contribution in [2.24, 2.45) is 0 Å². The summed E-state index contributed by atoms with van der Waals surface area (Å²) >= 11 is 1.35. The molecule has 0 aliphatic heterocycles. The number of rotatable bonds is 2. The summed E-state index contributed by atoms with van der Waals surface area (Å²) in [4.78, 5) is 13.6. The van der Waals surface area contributed by atoms with Gasteiger partial charge in [0.2, 0.25) is 0 Å². The molecule has 6 nitrogen and oxygen atoms in total. The highest BCUT2D eigenvalue weighted by Crippen LogP contribution is 2.33. The number of pyridine rings is 1. The van der Waals surface area contributed by atoms with Crippen molar-refractivity contribution in [3.63, 3.8) is 0 Å². The second-order valence-corrected chi connectivity index (χ2v) is 5.16. The molecule has 0 saturated carbocycles. The summed E-state index contributed by atoms with van der Waals surface area (Å²) in [6.07, 6.45) is 1.72. The number of fused-ring (bicyclic) bond motifs is 1. The number of nitrogens with zero attached hydrogens (tertiary/aromatic N) is 3. The lowest BCUT2D eigenvalue weighted by Gasteiger charge is -2.07. The molecule has 100 valence electrons. The average molecular weight is 284 g/mol. The predicted octanol–water partition coefficient (Wildman–Crippen LogP) is 1.92. The summed E-state index contributed by atoms with van der Waals surface area (Å²) in [6.45, 7) is 0. The molecule has 0 atom stereocenters. The summed E-state index contributed by atoms with van der Waals surface area (Å²) < 4.78 is 0. The molecule has 2 aromatic heterocycles. The maximum absolute atomic E-state index is 5.95. The van der Waals surface area contributed by atoms with Crippen molar-refractivity contribution in [2.45, 2.75) is 10.1 Å². The Labute approximate surface area is 119 Å². The van der Waals surface area contributed by atoms with E-state index in [2.05, 4.69) is 15.0 Å². The van der Waals surface area contributed by atoms with Crippen LogP contribution in [0.25, 0.3) is 10.9 Å². The van der Waals surface area contributed by atoms with Crippen LogP contribution in [0.5, 0.6) is 0 Å². The van der Waals surface area contributed by atoms with E-state index in [4.69, 9.17) is 17.2 Å². The third kappa shape index (κ3) is 2.30. The van der Waals surface area contributed by atoms with Crippen LogP contribution in [-0.2, 0) is 0 Å². The summed E-state index contributed by atoms with van der Waals surface area (Å²) in [5.74, 6) is 0.681. The molecule has 6 N–H and O–H groups in total. The minimum absolute atomic E-state index is 0.340. The smallest absolute Gasteiger partial charge is 0.196 e. The van der Waals surface area contributed by atoms with Crippen LogP contribution in [0.3, 0.4) is 0 Å². The number of hydrogen-bond acceptors (Lipinski definition) is 7. The van der Waals surface area contributed by atoms with Gasteiger partial charge in [0.15, 0.2) is 5.16 Å². The van der Waals surface area contributed by atoms with Crippen LogP contribution < -0.4 is 17.2 Å². The fourth-order valence-electron chi connectivity index (χ4n) is 1.86. The normalized spacial score (nSPS) is 10.8. The van der Waals surface area contributed by atoms with Gasteiger partial charge in [-0.3, -0.25) is 4.98 Å². The van der Waals surface area contributed by atoms with Gasteiger partial charge in [0.05, 0.1) is 5.52 Å². The lowest BCUT2D eigenvalue weighted by Crippen LogP contribution is -1.99. The maximum Gasteiger partial charge on any atom is 0.196 e. The van der Waals surface area contributed by atoms with Crippen LogP contribution in [0.2, 0.25) is 0 Å². The molecule has 0 aliphatic rings. The molecular formula is C13H12N6S. The lowest BCUT2D eigenvalue weighted by atomic mass is 10.2. The van der Waals surface area contributed by atoms with E-state index in [1.54, 1.807) is 6.20 Å². The van der Waals surface area contributed by atoms with Crippen molar-refractivity contribution in [1.29, 1.82) is 0 Å². The molecule has 2 heterocycles. The van der Waals surface area contributed by atoms with E-state index in [9.17, 15) is 0 Å². The van der Waals surface area contributed by atoms with Gasteiger partial charge < -0.3 is 17.2 Å². The second-order valence-electron chi connectivity index (χ2n) is 4.15. The van der Waals surface area contributed by atoms with E-state index in [1.165, 1.54) is 17.8 Å². The van der Waals surface area contributed by atoms with Crippen molar-refractivity contribution in [3.8, 4) is 0 Å². The topological polar surface area (TPSA) is 117 Å². The number of benzene rings is 1. The van der Waals surface area contributed by atoms with Crippen LogP contribution >= 0.6 is 11.8 Å². The molecule has 7 heteroatoms. The lowest BCUT2D eigenvalue weighted by molar-refractivity contribution is 0.985. The second kappa shape index (κ2) is 4.86. The van der Waals surface area contributed by atoms with Crippen molar-refractivity contribution in [2.75, 3.05) is 17.2 Å². The minimum atomic E-state index is 0.340. The van der Waals surface area contributed by atoms with E-state index < -0.39 is 0 Å². The number of hydrogen-bond donors (Lipinski definition) is 3. The Kier molecular flexibility index (Phi) is 3.03. The Morgan fingerprint density at radius 1 is 0.950 bits per heavy atom. The van der Waals surface area contributed by atoms with Crippen molar-refractivity contribution in [3.05, 3.63) is 36.5 Å². The zero-order valence-corrected chi connectivity index (χ0v) is 11.3. The molecule has 0 unspecified atom stereocenters. The molecule has 0 amide bonds. The number of nitrogens with two attached hydrogens (primary N) is 3. The monoisotopic (exact) mass is 284 g/mol. The first-order valence-electron chi connectivity index (χ1n) is 5.84. The van der Waals surface area contributed by atoms with E-state index in [0.717, 1.165) is 15.8 Å². The van der Waals surface area contributed by atoms with E-state index >= 15 is 0 Å². The van der Waals surface area contributed by atoms with Gasteiger partial charge in [-0.2, -0.15) is 0 Å². The van der Waals surface area contributed by atoms with Gasteiger partial charge in [-0.25, -0.2) is 9.97 Å². The SMILES string of the molecule is Nc1cc(N)nc(Sc2ccc(N)c3cccnc23)n1. The third-order valence-corrected chi connectivity index (χ3v) is 3.63. The van der Waals surface area contributed by atoms with E-state index in [1.807, 2.05) is 24.3 Å². The number of aromatic nitrogens is 3. The molecule has 20 heavy (non-hydrogen) atoms. The maximum atomic E-state index is 5.95. The van der Waals surface area contributed by atoms with Gasteiger partial charge in [0, 0.05) is 28.2 Å². The minimum Gasteiger partial charge on any atom is -0.398 e. The van der Waals surface area contributed by atoms with Gasteiger partial charge >= 0.3 is 0 Å². The fourth-order valence-corrected chi connectivity index (χ4v) is 2.75. The highest BCUT2D eigenvalue weighted by molar-refractivity contribution is 7.99. The van der Waals surface area contributed by atoms with Crippen LogP contribution in [0, 0.1) is 0 Å². The van der Waals surface area contributed by atoms with Crippen LogP contribution in [0.15, 0.2) is 46.6 Å². The van der Waals surface area contributed by atoms with Gasteiger partial charge in [0.1, 0.15) is 11.6 Å². The summed E-state index contributed by atoms with van der Waals surface area (Å²) in [7, 11) is 0. The highest BCUT2D eigenvalue weighted by atomic mass is 32.2. The molecule has 1 aromatic carbocycles. The van der Waals surface area contributed by atoms with Crippen LogP contribution in [0.4, 0.5) is 17.3 Å². The average Bonchev–Trinajstić information content (AvgIpc) is 2.41. The zero-order valence-electron chi connectivity index (χ0n) is 10.4. The molecule has 0 bridgehead atoms. The molecule has 0 fully saturated rings. The Hall–Kier alpha value is -2.54. The Morgan fingerprint density at radius 2 is 1.70 bits per heavy atom. The molecule has 0 saturated heterocycles. The first kappa shape index (κ1) is 12.5. The largest absolute Gasteiger partial charge is 0.398 e. The molecule has 3 rings (SSSR count). The number of anilines is 3. The molecule has 0 spiro atoms. The molecule has 3 aromatic rings. The van der Waals surface area contributed by atoms with Crippen molar-refractivity contribution >= 4 is 40.0 Å². The zero-order chi connectivity index (χ0) is 14.1. The van der Waals surface area contributed by atoms with E-state index in [-0.39, 0.29) is 0 Å². The van der Waals surface area contributed by atoms with Gasteiger partial charge in [-0.15, -0.1) is 0 Å². The first-order valence-corrected chi connectivity index (χ1v) is 6.66. The fraction of sp³-hybridized carbons (Fsp3) is 0. The third-order valence-electron chi connectivity index (χ3n) is 2.71. The number of nitrogen functional groups attached to an aromatic ring is 3. The first-order chi connectivity index (χ1) is 9.63. The van der Waals surface area contributed by atoms with Crippen LogP contribution in [0.1, 0.15) is 0 Å². The Bertz CT molecular complexity index is 769. The van der Waals surface area contributed by atoms with Crippen molar-refractivity contribution < 1.29 is 0 Å². The summed E-state index contributed by atoms with van der Waals surface area (Å²) in [5, 5.41) is 1.38. The Balaban J connectivity index is 2.09. The van der Waals surface area contributed by atoms with Gasteiger partial charge in [0.25, 0.3) is 0 Å². The van der Waals surface area contributed by atoms with Crippen LogP contribution in [-0.4, -0.2) is 15.0 Å². The summed E-state index contributed by atoms with van der Waals surface area (Å²) in [5.41, 5.74) is 18.8. The quantitative estimate of drug-likeness (QED) is 0.486. The molecule has 0 aliphatic carbocycles. The Morgan fingerprint density at radius 3 is 2.45 bits per heavy atom. The van der Waals surface area contributed by atoms with E-state index in [0.29, 0.717) is 22.5 Å². The van der Waals surface area contributed by atoms with Gasteiger partial charge in [-0.1, -0.05) is 0 Å². The highest BCUT2D eigenvalue weighted by Gasteiger charge is 2.09. The standard InChI is InChI=1S/C13H12N6S/c14-8-3-4-9(12-7(8)2-1-5-17-12)20-13-18-10(15)6-11(16)19-13/h1-6H,14H2,(H4,15,16,18,19).